The van der Waals surface area contributed by atoms with E-state index in [4.69, 9.17) is 0 Å². The maximum Gasteiger partial charge on any atom is 0.277 e. The normalized spacial score (nSPS) is 10.8. The molecule has 26 heavy (non-hydrogen) atoms. The first kappa shape index (κ1) is 17.2. The Hall–Kier alpha value is -2.21. The van der Waals surface area contributed by atoms with Crippen LogP contribution in [0.15, 0.2) is 66.8 Å². The third kappa shape index (κ3) is 4.12. The summed E-state index contributed by atoms with van der Waals surface area (Å²) in [6.45, 7) is 0. The van der Waals surface area contributed by atoms with E-state index in [1.807, 2.05) is 29.6 Å². The number of hydrogen-bond acceptors (Lipinski definition) is 9. The molecule has 2 N–H and O–H groups in total. The molecular formula is C15H10N6OS4. The number of carbonyl (C=O) groups excluding carboxylic acids is 1. The fraction of sp³-hybridized carbons (Fsp3) is 0. The van der Waals surface area contributed by atoms with Crippen LogP contribution in [-0.4, -0.2) is 31.1 Å². The number of anilines is 1. The predicted octanol–water partition coefficient (Wildman–Crippen LogP) is 4.27. The highest BCUT2D eigenvalue weighted by Crippen LogP contribution is 2.35. The Morgan fingerprint density at radius 3 is 2.81 bits per heavy atom. The van der Waals surface area contributed by atoms with Gasteiger partial charge in [-0.25, -0.2) is 15.0 Å². The zero-order chi connectivity index (χ0) is 17.8. The van der Waals surface area contributed by atoms with Crippen molar-refractivity contribution < 1.29 is 4.79 Å². The zero-order valence-electron chi connectivity index (χ0n) is 12.9. The smallest absolute Gasteiger partial charge is 0.277 e. The SMILES string of the molecule is O=C(Nc1nccs1)c1nc(Sc2ncn[nH]2)ccc1Sc1cccs1. The summed E-state index contributed by atoms with van der Waals surface area (Å²) >= 11 is 5.80. The van der Waals surface area contributed by atoms with Crippen LogP contribution in [0, 0.1) is 0 Å². The lowest BCUT2D eigenvalue weighted by Gasteiger charge is -2.09. The van der Waals surface area contributed by atoms with Crippen LogP contribution in [0.2, 0.25) is 0 Å². The average molecular weight is 419 g/mol. The van der Waals surface area contributed by atoms with Crippen LogP contribution in [0.1, 0.15) is 10.5 Å². The number of amides is 1. The molecule has 4 heterocycles. The number of aromatic nitrogens is 5. The Kier molecular flexibility index (Phi) is 5.29. The molecule has 0 saturated heterocycles. The second-order valence-corrected chi connectivity index (χ2v) is 8.91. The van der Waals surface area contributed by atoms with E-state index in [0.29, 0.717) is 21.0 Å². The van der Waals surface area contributed by atoms with Crippen molar-refractivity contribution in [2.75, 3.05) is 5.32 Å². The van der Waals surface area contributed by atoms with E-state index in [1.54, 1.807) is 22.9 Å². The molecule has 0 aliphatic heterocycles. The predicted molar refractivity (Wildman–Crippen MR) is 103 cm³/mol. The van der Waals surface area contributed by atoms with E-state index < -0.39 is 0 Å². The van der Waals surface area contributed by atoms with E-state index in [-0.39, 0.29) is 5.91 Å². The Balaban J connectivity index is 1.64. The molecule has 0 aliphatic carbocycles. The second kappa shape index (κ2) is 7.99. The fourth-order valence-corrected chi connectivity index (χ4v) is 4.95. The molecule has 0 bridgehead atoms. The van der Waals surface area contributed by atoms with Gasteiger partial charge in [0.1, 0.15) is 17.0 Å². The zero-order valence-corrected chi connectivity index (χ0v) is 16.2. The number of thiophene rings is 1. The van der Waals surface area contributed by atoms with Crippen LogP contribution in [0.4, 0.5) is 5.13 Å². The van der Waals surface area contributed by atoms with Gasteiger partial charge in [0, 0.05) is 16.5 Å². The van der Waals surface area contributed by atoms with Crippen LogP contribution >= 0.6 is 46.2 Å². The van der Waals surface area contributed by atoms with Crippen LogP contribution in [-0.2, 0) is 0 Å². The minimum Gasteiger partial charge on any atom is -0.296 e. The Labute approximate surface area is 164 Å². The molecule has 0 aromatic carbocycles. The van der Waals surface area contributed by atoms with Crippen molar-refractivity contribution in [3.8, 4) is 0 Å². The monoisotopic (exact) mass is 418 g/mol. The summed E-state index contributed by atoms with van der Waals surface area (Å²) < 4.78 is 1.09. The third-order valence-corrected chi connectivity index (χ3v) is 6.60. The number of pyridine rings is 1. The van der Waals surface area contributed by atoms with Gasteiger partial charge in [-0.1, -0.05) is 17.8 Å². The highest BCUT2D eigenvalue weighted by atomic mass is 32.2. The van der Waals surface area contributed by atoms with Gasteiger partial charge in [0.2, 0.25) is 0 Å². The Morgan fingerprint density at radius 2 is 2.08 bits per heavy atom. The molecule has 0 spiro atoms. The van der Waals surface area contributed by atoms with Gasteiger partial charge < -0.3 is 0 Å². The minimum atomic E-state index is -0.293. The lowest BCUT2D eigenvalue weighted by atomic mass is 10.3. The van der Waals surface area contributed by atoms with Crippen LogP contribution in [0.5, 0.6) is 0 Å². The summed E-state index contributed by atoms with van der Waals surface area (Å²) in [5, 5.41) is 15.0. The first-order valence-corrected chi connectivity index (χ1v) is 10.6. The molecule has 0 radical (unpaired) electrons. The second-order valence-electron chi connectivity index (χ2n) is 4.71. The van der Waals surface area contributed by atoms with Crippen molar-refractivity contribution >= 4 is 57.2 Å². The highest BCUT2D eigenvalue weighted by molar-refractivity contribution is 8.01. The topological polar surface area (TPSA) is 96.5 Å². The lowest BCUT2D eigenvalue weighted by Crippen LogP contribution is -2.15. The quantitative estimate of drug-likeness (QED) is 0.482. The number of hydrogen-bond donors (Lipinski definition) is 2. The number of aromatic amines is 1. The maximum atomic E-state index is 12.8. The first-order valence-electron chi connectivity index (χ1n) is 7.24. The van der Waals surface area contributed by atoms with E-state index in [9.17, 15) is 4.79 Å². The third-order valence-electron chi connectivity index (χ3n) is 3.00. The van der Waals surface area contributed by atoms with Gasteiger partial charge >= 0.3 is 0 Å². The highest BCUT2D eigenvalue weighted by Gasteiger charge is 2.18. The number of H-pyrrole nitrogens is 1. The number of nitrogens with one attached hydrogen (secondary N) is 2. The van der Waals surface area contributed by atoms with E-state index in [2.05, 4.69) is 30.5 Å². The van der Waals surface area contributed by atoms with Crippen LogP contribution < -0.4 is 5.32 Å². The number of nitrogens with zero attached hydrogens (tertiary/aromatic N) is 4. The van der Waals surface area contributed by atoms with Gasteiger partial charge in [-0.3, -0.25) is 15.2 Å². The van der Waals surface area contributed by atoms with Crippen molar-refractivity contribution in [2.45, 2.75) is 19.3 Å². The van der Waals surface area contributed by atoms with Gasteiger partial charge in [0.25, 0.3) is 5.91 Å². The molecule has 0 atom stereocenters. The molecule has 4 aromatic heterocycles. The number of rotatable bonds is 6. The van der Waals surface area contributed by atoms with Gasteiger partial charge in [0.15, 0.2) is 10.3 Å². The maximum absolute atomic E-state index is 12.8. The molecule has 0 saturated carbocycles. The molecular weight excluding hydrogens is 408 g/mol. The average Bonchev–Trinajstić information content (AvgIpc) is 3.39. The van der Waals surface area contributed by atoms with Gasteiger partial charge in [-0.2, -0.15) is 5.10 Å². The van der Waals surface area contributed by atoms with E-state index >= 15 is 0 Å². The summed E-state index contributed by atoms with van der Waals surface area (Å²) in [4.78, 5) is 26.2. The van der Waals surface area contributed by atoms with Gasteiger partial charge in [0.05, 0.1) is 4.21 Å². The van der Waals surface area contributed by atoms with Crippen LogP contribution in [0.3, 0.4) is 0 Å². The number of thiazole rings is 1. The summed E-state index contributed by atoms with van der Waals surface area (Å²) in [6.07, 6.45) is 3.07. The summed E-state index contributed by atoms with van der Waals surface area (Å²) in [6, 6.07) is 7.75. The van der Waals surface area contributed by atoms with Crippen LogP contribution in [0.25, 0.3) is 0 Å². The molecule has 130 valence electrons. The largest absolute Gasteiger partial charge is 0.296 e. The standard InChI is InChI=1S/C15H10N6OS4/c22-13(20-14-16-5-7-24-14)12-9(25-11-2-1-6-23-11)3-4-10(19-12)26-15-17-8-18-21-15/h1-8H,(H,16,20,22)(H,17,18,21). The molecule has 0 unspecified atom stereocenters. The Morgan fingerprint density at radius 1 is 1.12 bits per heavy atom. The van der Waals surface area contributed by atoms with E-state index in [0.717, 1.165) is 9.10 Å². The molecule has 4 aromatic rings. The molecule has 0 fully saturated rings. The molecule has 7 nitrogen and oxygen atoms in total. The molecule has 11 heteroatoms. The summed E-state index contributed by atoms with van der Waals surface area (Å²) in [5.41, 5.74) is 0.350. The van der Waals surface area contributed by atoms with Crippen molar-refractivity contribution in [1.29, 1.82) is 0 Å². The minimum absolute atomic E-state index is 0.293. The molecule has 4 rings (SSSR count). The fourth-order valence-electron chi connectivity index (χ4n) is 1.94. The summed E-state index contributed by atoms with van der Waals surface area (Å²) in [7, 11) is 0. The molecule has 1 amide bonds. The van der Waals surface area contributed by atoms with Gasteiger partial charge in [-0.05, 0) is 35.3 Å². The van der Waals surface area contributed by atoms with Crippen molar-refractivity contribution in [3.05, 3.63) is 53.2 Å². The van der Waals surface area contributed by atoms with Crippen molar-refractivity contribution in [2.24, 2.45) is 0 Å². The van der Waals surface area contributed by atoms with Gasteiger partial charge in [-0.15, -0.1) is 22.7 Å². The molecule has 0 aliphatic rings. The van der Waals surface area contributed by atoms with E-state index in [1.165, 1.54) is 41.2 Å². The van der Waals surface area contributed by atoms with Crippen molar-refractivity contribution in [1.82, 2.24) is 25.1 Å². The number of carbonyl (C=O) groups is 1. The summed E-state index contributed by atoms with van der Waals surface area (Å²) in [5.74, 6) is -0.293. The lowest BCUT2D eigenvalue weighted by molar-refractivity contribution is 0.101. The Bertz CT molecular complexity index is 986. The van der Waals surface area contributed by atoms with Crippen molar-refractivity contribution in [3.63, 3.8) is 0 Å². The first-order chi connectivity index (χ1) is 12.8.